The van der Waals surface area contributed by atoms with E-state index in [4.69, 9.17) is 4.74 Å². The van der Waals surface area contributed by atoms with Crippen molar-refractivity contribution in [1.29, 1.82) is 0 Å². The van der Waals surface area contributed by atoms with E-state index in [2.05, 4.69) is 16.0 Å². The first-order chi connectivity index (χ1) is 7.58. The van der Waals surface area contributed by atoms with E-state index >= 15 is 0 Å². The number of amides is 2. The summed E-state index contributed by atoms with van der Waals surface area (Å²) < 4.78 is 5.33. The normalized spacial score (nSPS) is 19.5. The second-order valence-corrected chi connectivity index (χ2v) is 4.62. The Morgan fingerprint density at radius 2 is 2.00 bits per heavy atom. The van der Waals surface area contributed by atoms with Gasteiger partial charge in [-0.2, -0.15) is 0 Å². The summed E-state index contributed by atoms with van der Waals surface area (Å²) in [6.45, 7) is 6.05. The molecule has 3 N–H and O–H groups in total. The Morgan fingerprint density at radius 3 is 2.50 bits per heavy atom. The maximum absolute atomic E-state index is 11.5. The smallest absolute Gasteiger partial charge is 0.315 e. The molecule has 0 aliphatic carbocycles. The average Bonchev–Trinajstić information content (AvgIpc) is 2.27. The fraction of sp³-hybridized carbons (Fsp3) is 0.909. The average molecular weight is 229 g/mol. The van der Waals surface area contributed by atoms with Crippen LogP contribution in [0.1, 0.15) is 26.7 Å². The van der Waals surface area contributed by atoms with Crippen LogP contribution in [0.15, 0.2) is 0 Å². The van der Waals surface area contributed by atoms with Crippen molar-refractivity contribution in [2.45, 2.75) is 38.3 Å². The molecule has 1 fully saturated rings. The lowest BCUT2D eigenvalue weighted by Gasteiger charge is -2.37. The molecule has 1 aliphatic rings. The topological polar surface area (TPSA) is 62.4 Å². The number of likely N-dealkylation sites (N-methyl/N-ethyl adjacent to an activating group) is 1. The van der Waals surface area contributed by atoms with Crippen LogP contribution in [0.4, 0.5) is 4.79 Å². The molecule has 1 aliphatic heterocycles. The zero-order valence-corrected chi connectivity index (χ0v) is 10.4. The van der Waals surface area contributed by atoms with Crippen molar-refractivity contribution in [2.75, 3.05) is 26.8 Å². The highest BCUT2D eigenvalue weighted by molar-refractivity contribution is 5.74. The lowest BCUT2D eigenvalue weighted by Crippen LogP contribution is -2.56. The minimum Gasteiger partial charge on any atom is -0.381 e. The predicted molar refractivity (Wildman–Crippen MR) is 63.5 cm³/mol. The fourth-order valence-corrected chi connectivity index (χ4v) is 1.84. The quantitative estimate of drug-likeness (QED) is 0.656. The summed E-state index contributed by atoms with van der Waals surface area (Å²) in [5.74, 6) is 0. The summed E-state index contributed by atoms with van der Waals surface area (Å²) in [6.07, 6.45) is 1.87. The molecule has 16 heavy (non-hydrogen) atoms. The van der Waals surface area contributed by atoms with Crippen molar-refractivity contribution in [3.63, 3.8) is 0 Å². The SMILES string of the molecule is CNC1(CNC(=O)NC(C)C)CCOCC1. The van der Waals surface area contributed by atoms with Crippen molar-refractivity contribution < 1.29 is 9.53 Å². The Hall–Kier alpha value is -0.810. The van der Waals surface area contributed by atoms with E-state index < -0.39 is 0 Å². The minimum absolute atomic E-state index is 0.00737. The largest absolute Gasteiger partial charge is 0.381 e. The van der Waals surface area contributed by atoms with Gasteiger partial charge in [0, 0.05) is 31.3 Å². The monoisotopic (exact) mass is 229 g/mol. The highest BCUT2D eigenvalue weighted by Gasteiger charge is 2.31. The number of nitrogens with one attached hydrogen (secondary N) is 3. The molecule has 94 valence electrons. The van der Waals surface area contributed by atoms with Gasteiger partial charge in [-0.05, 0) is 33.7 Å². The number of hydrogen-bond donors (Lipinski definition) is 3. The van der Waals surface area contributed by atoms with Crippen LogP contribution in [0.2, 0.25) is 0 Å². The number of hydrogen-bond acceptors (Lipinski definition) is 3. The predicted octanol–water partition coefficient (Wildman–Crippen LogP) is 0.463. The Balaban J connectivity index is 2.35. The molecule has 2 amide bonds. The summed E-state index contributed by atoms with van der Waals surface area (Å²) >= 11 is 0. The highest BCUT2D eigenvalue weighted by Crippen LogP contribution is 2.18. The lowest BCUT2D eigenvalue weighted by atomic mass is 9.90. The molecule has 0 saturated carbocycles. The lowest BCUT2D eigenvalue weighted by molar-refractivity contribution is 0.0420. The Kier molecular flexibility index (Phi) is 5.02. The molecule has 1 rings (SSSR count). The second kappa shape index (κ2) is 6.06. The van der Waals surface area contributed by atoms with Crippen LogP contribution in [0.3, 0.4) is 0 Å². The molecule has 0 aromatic heterocycles. The van der Waals surface area contributed by atoms with Gasteiger partial charge in [-0.1, -0.05) is 0 Å². The minimum atomic E-state index is -0.101. The third-order valence-corrected chi connectivity index (χ3v) is 2.99. The molecule has 5 nitrogen and oxygen atoms in total. The molecule has 1 heterocycles. The zero-order valence-electron chi connectivity index (χ0n) is 10.4. The molecule has 0 spiro atoms. The fourth-order valence-electron chi connectivity index (χ4n) is 1.84. The van der Waals surface area contributed by atoms with Crippen LogP contribution in [-0.2, 0) is 4.74 Å². The van der Waals surface area contributed by atoms with Crippen LogP contribution in [0, 0.1) is 0 Å². The first-order valence-corrected chi connectivity index (χ1v) is 5.89. The molecule has 1 saturated heterocycles. The van der Waals surface area contributed by atoms with Gasteiger partial charge in [0.15, 0.2) is 0 Å². The van der Waals surface area contributed by atoms with Crippen molar-refractivity contribution in [3.8, 4) is 0 Å². The Morgan fingerprint density at radius 1 is 1.38 bits per heavy atom. The number of ether oxygens (including phenoxy) is 1. The van der Waals surface area contributed by atoms with E-state index in [1.807, 2.05) is 20.9 Å². The number of rotatable bonds is 4. The third-order valence-electron chi connectivity index (χ3n) is 2.99. The molecule has 0 atom stereocenters. The van der Waals surface area contributed by atoms with Gasteiger partial charge in [0.1, 0.15) is 0 Å². The maximum Gasteiger partial charge on any atom is 0.315 e. The van der Waals surface area contributed by atoms with Gasteiger partial charge in [-0.15, -0.1) is 0 Å². The summed E-state index contributed by atoms with van der Waals surface area (Å²) in [4.78, 5) is 11.5. The molecule has 0 aromatic carbocycles. The van der Waals surface area contributed by atoms with E-state index in [1.165, 1.54) is 0 Å². The first kappa shape index (κ1) is 13.3. The number of carbonyl (C=O) groups excluding carboxylic acids is 1. The van der Waals surface area contributed by atoms with Crippen molar-refractivity contribution in [3.05, 3.63) is 0 Å². The molecular weight excluding hydrogens is 206 g/mol. The van der Waals surface area contributed by atoms with E-state index in [0.29, 0.717) is 6.54 Å². The first-order valence-electron chi connectivity index (χ1n) is 5.89. The second-order valence-electron chi connectivity index (χ2n) is 4.62. The van der Waals surface area contributed by atoms with E-state index in [9.17, 15) is 4.79 Å². The van der Waals surface area contributed by atoms with Crippen LogP contribution in [-0.4, -0.2) is 44.4 Å². The van der Waals surface area contributed by atoms with E-state index in [0.717, 1.165) is 26.1 Å². The van der Waals surface area contributed by atoms with Gasteiger partial charge >= 0.3 is 6.03 Å². The summed E-state index contributed by atoms with van der Waals surface area (Å²) in [5, 5.41) is 9.03. The Bertz CT molecular complexity index is 225. The summed E-state index contributed by atoms with van der Waals surface area (Å²) in [5.41, 5.74) is -0.00737. The van der Waals surface area contributed by atoms with Crippen molar-refractivity contribution in [1.82, 2.24) is 16.0 Å². The molecule has 5 heteroatoms. The van der Waals surface area contributed by atoms with Gasteiger partial charge in [0.2, 0.25) is 0 Å². The molecule has 0 aromatic rings. The van der Waals surface area contributed by atoms with E-state index in [1.54, 1.807) is 0 Å². The number of carbonyl (C=O) groups is 1. The summed E-state index contributed by atoms with van der Waals surface area (Å²) in [7, 11) is 1.94. The molecule has 0 radical (unpaired) electrons. The standard InChI is InChI=1S/C11H23N3O2/c1-9(2)14-10(15)13-8-11(12-3)4-6-16-7-5-11/h9,12H,4-8H2,1-3H3,(H2,13,14,15). The van der Waals surface area contributed by atoms with Crippen LogP contribution < -0.4 is 16.0 Å². The highest BCUT2D eigenvalue weighted by atomic mass is 16.5. The van der Waals surface area contributed by atoms with Gasteiger partial charge in [0.05, 0.1) is 0 Å². The van der Waals surface area contributed by atoms with Gasteiger partial charge < -0.3 is 20.7 Å². The van der Waals surface area contributed by atoms with Gasteiger partial charge in [-0.3, -0.25) is 0 Å². The third kappa shape index (κ3) is 3.98. The molecular formula is C11H23N3O2. The van der Waals surface area contributed by atoms with Gasteiger partial charge in [-0.25, -0.2) is 4.79 Å². The van der Waals surface area contributed by atoms with Crippen LogP contribution in [0.5, 0.6) is 0 Å². The molecule has 0 bridgehead atoms. The Labute approximate surface area is 97.3 Å². The number of urea groups is 1. The maximum atomic E-state index is 11.5. The van der Waals surface area contributed by atoms with Gasteiger partial charge in [0.25, 0.3) is 0 Å². The van der Waals surface area contributed by atoms with Crippen molar-refractivity contribution in [2.24, 2.45) is 0 Å². The zero-order chi connectivity index (χ0) is 12.0. The van der Waals surface area contributed by atoms with E-state index in [-0.39, 0.29) is 17.6 Å². The van der Waals surface area contributed by atoms with Crippen molar-refractivity contribution >= 4 is 6.03 Å². The van der Waals surface area contributed by atoms with Crippen LogP contribution >= 0.6 is 0 Å². The van der Waals surface area contributed by atoms with Crippen LogP contribution in [0.25, 0.3) is 0 Å². The summed E-state index contributed by atoms with van der Waals surface area (Å²) in [6, 6.07) is 0.0661. The molecule has 0 unspecified atom stereocenters.